The van der Waals surface area contributed by atoms with E-state index in [4.69, 9.17) is 9.68 Å². The number of anilines is 2. The third kappa shape index (κ3) is 4.93. The molecule has 3 aromatic rings. The Kier molecular flexibility index (Phi) is 5.54. The Hall–Kier alpha value is -3.80. The number of carbonyl (C=O) groups excluding carboxylic acids is 1. The van der Waals surface area contributed by atoms with Gasteiger partial charge in [-0.15, -0.1) is 13.2 Å². The topological polar surface area (TPSA) is 79.4 Å². The zero-order chi connectivity index (χ0) is 21.0. The highest BCUT2D eigenvalue weighted by Crippen LogP contribution is 2.30. The molecule has 0 fully saturated rings. The second-order valence-electron chi connectivity index (χ2n) is 5.99. The first-order valence-corrected chi connectivity index (χ1v) is 8.34. The molecule has 0 atom stereocenters. The van der Waals surface area contributed by atoms with E-state index in [1.165, 1.54) is 24.3 Å². The van der Waals surface area contributed by atoms with Crippen LogP contribution in [-0.2, 0) is 6.54 Å². The van der Waals surface area contributed by atoms with Crippen molar-refractivity contribution in [2.24, 2.45) is 0 Å². The van der Waals surface area contributed by atoms with Crippen LogP contribution >= 0.6 is 0 Å². The molecule has 9 heteroatoms. The smallest absolute Gasteiger partial charge is 0.428 e. The molecule has 0 radical (unpaired) electrons. The fourth-order valence-corrected chi connectivity index (χ4v) is 2.58. The van der Waals surface area contributed by atoms with Gasteiger partial charge in [-0.1, -0.05) is 12.1 Å². The summed E-state index contributed by atoms with van der Waals surface area (Å²) in [6.07, 6.45) is -4.19. The summed E-state index contributed by atoms with van der Waals surface area (Å²) in [4.78, 5) is 16.9. The Morgan fingerprint density at radius 1 is 1.17 bits per heavy atom. The number of aldehydes is 1. The average Bonchev–Trinajstić information content (AvgIpc) is 3.07. The molecule has 0 amide bonds. The van der Waals surface area contributed by atoms with E-state index in [1.807, 2.05) is 6.07 Å². The molecule has 1 aromatic heterocycles. The van der Waals surface area contributed by atoms with Gasteiger partial charge < -0.3 is 9.15 Å². The summed E-state index contributed by atoms with van der Waals surface area (Å²) >= 11 is 0. The maximum absolute atomic E-state index is 12.3. The molecule has 0 saturated heterocycles. The van der Waals surface area contributed by atoms with Crippen molar-refractivity contribution in [1.29, 1.82) is 5.26 Å². The van der Waals surface area contributed by atoms with Crippen LogP contribution in [0.25, 0.3) is 0 Å². The number of halogens is 3. The number of hydrogen-bond acceptors (Lipinski definition) is 6. The first-order valence-electron chi connectivity index (χ1n) is 8.34. The number of nitrogens with zero attached hydrogens (tertiary/aromatic N) is 3. The minimum absolute atomic E-state index is 0.143. The van der Waals surface area contributed by atoms with Crippen LogP contribution < -0.4 is 9.64 Å². The van der Waals surface area contributed by atoms with Crippen LogP contribution in [0.15, 0.2) is 52.9 Å². The zero-order valence-corrected chi connectivity index (χ0v) is 15.1. The van der Waals surface area contributed by atoms with Gasteiger partial charge in [-0.3, -0.25) is 9.69 Å². The number of carbonyl (C=O) groups is 1. The third-order valence-electron chi connectivity index (χ3n) is 3.97. The molecule has 29 heavy (non-hydrogen) atoms. The first kappa shape index (κ1) is 19.9. The molecule has 0 N–H and O–H groups in total. The van der Waals surface area contributed by atoms with Gasteiger partial charge in [0.05, 0.1) is 18.2 Å². The number of aryl methyl sites for hydroxylation is 1. The molecule has 148 valence electrons. The predicted octanol–water partition coefficient (Wildman–Crippen LogP) is 4.90. The van der Waals surface area contributed by atoms with Gasteiger partial charge in [0.2, 0.25) is 0 Å². The van der Waals surface area contributed by atoms with Gasteiger partial charge in [0.15, 0.2) is 6.29 Å². The van der Waals surface area contributed by atoms with E-state index in [1.54, 1.807) is 36.1 Å². The summed E-state index contributed by atoms with van der Waals surface area (Å²) in [7, 11) is 0. The Labute approximate surface area is 163 Å². The molecule has 0 aliphatic rings. The van der Waals surface area contributed by atoms with Crippen LogP contribution in [0.1, 0.15) is 27.4 Å². The van der Waals surface area contributed by atoms with Crippen molar-refractivity contribution < 1.29 is 27.1 Å². The molecule has 2 aromatic carbocycles. The maximum atomic E-state index is 12.3. The Morgan fingerprint density at radius 2 is 1.83 bits per heavy atom. The summed E-state index contributed by atoms with van der Waals surface area (Å²) in [5, 5.41) is 8.97. The molecule has 3 rings (SSSR count). The van der Waals surface area contributed by atoms with E-state index in [0.717, 1.165) is 0 Å². The lowest BCUT2D eigenvalue weighted by molar-refractivity contribution is -0.274. The van der Waals surface area contributed by atoms with Crippen molar-refractivity contribution in [3.8, 4) is 11.8 Å². The molecular weight excluding hydrogens is 387 g/mol. The maximum Gasteiger partial charge on any atom is 0.573 e. The van der Waals surface area contributed by atoms with Crippen molar-refractivity contribution in [3.05, 3.63) is 71.1 Å². The Bertz CT molecular complexity index is 1040. The van der Waals surface area contributed by atoms with Gasteiger partial charge in [-0.25, -0.2) is 0 Å². The summed E-state index contributed by atoms with van der Waals surface area (Å²) in [6.45, 7) is 1.79. The lowest BCUT2D eigenvalue weighted by Gasteiger charge is -2.21. The highest BCUT2D eigenvalue weighted by molar-refractivity contribution is 5.74. The van der Waals surface area contributed by atoms with Crippen LogP contribution in [0.4, 0.5) is 24.9 Å². The van der Waals surface area contributed by atoms with E-state index in [2.05, 4.69) is 9.72 Å². The Morgan fingerprint density at radius 3 is 2.34 bits per heavy atom. The normalized spacial score (nSPS) is 11.0. The van der Waals surface area contributed by atoms with Crippen molar-refractivity contribution in [2.75, 3.05) is 4.90 Å². The van der Waals surface area contributed by atoms with Gasteiger partial charge in [0.25, 0.3) is 0 Å². The van der Waals surface area contributed by atoms with E-state index in [0.29, 0.717) is 28.9 Å². The van der Waals surface area contributed by atoms with Crippen LogP contribution in [0.5, 0.6) is 5.75 Å². The van der Waals surface area contributed by atoms with Gasteiger partial charge in [-0.2, -0.15) is 10.2 Å². The molecule has 1 heterocycles. The van der Waals surface area contributed by atoms with Crippen molar-refractivity contribution in [2.45, 2.75) is 19.8 Å². The molecule has 0 aliphatic carbocycles. The molecule has 0 aliphatic heterocycles. The molecule has 6 nitrogen and oxygen atoms in total. The van der Waals surface area contributed by atoms with Crippen molar-refractivity contribution in [1.82, 2.24) is 4.98 Å². The predicted molar refractivity (Wildman–Crippen MR) is 96.8 cm³/mol. The van der Waals surface area contributed by atoms with Crippen LogP contribution in [0, 0.1) is 18.3 Å². The number of oxazole rings is 1. The van der Waals surface area contributed by atoms with E-state index >= 15 is 0 Å². The number of alkyl halides is 3. The summed E-state index contributed by atoms with van der Waals surface area (Å²) < 4.78 is 46.4. The molecular formula is C20H14F3N3O3. The van der Waals surface area contributed by atoms with E-state index in [-0.39, 0.29) is 24.0 Å². The fourth-order valence-electron chi connectivity index (χ4n) is 2.58. The fraction of sp³-hybridized carbons (Fsp3) is 0.150. The number of hydrogen-bond donors (Lipinski definition) is 0. The van der Waals surface area contributed by atoms with Gasteiger partial charge in [0.1, 0.15) is 17.2 Å². The average molecular weight is 401 g/mol. The zero-order valence-electron chi connectivity index (χ0n) is 15.1. The van der Waals surface area contributed by atoms with Crippen LogP contribution in [0.3, 0.4) is 0 Å². The van der Waals surface area contributed by atoms with Gasteiger partial charge in [0, 0.05) is 5.69 Å². The second kappa shape index (κ2) is 8.06. The van der Waals surface area contributed by atoms with E-state index in [9.17, 15) is 18.0 Å². The SMILES string of the molecule is Cc1oc(N(Cc2ccc(OC(F)(F)F)cc2)c2ccc(C#N)cc2)nc1C=O. The molecule has 0 unspecified atom stereocenters. The Balaban J connectivity index is 1.92. The molecule has 0 saturated carbocycles. The lowest BCUT2D eigenvalue weighted by Crippen LogP contribution is -2.18. The largest absolute Gasteiger partial charge is 0.573 e. The third-order valence-corrected chi connectivity index (χ3v) is 3.97. The quantitative estimate of drug-likeness (QED) is 0.547. The highest BCUT2D eigenvalue weighted by Gasteiger charge is 2.31. The van der Waals surface area contributed by atoms with Crippen molar-refractivity contribution >= 4 is 18.0 Å². The summed E-state index contributed by atoms with van der Waals surface area (Å²) in [5.41, 5.74) is 1.87. The molecule has 0 spiro atoms. The number of ether oxygens (including phenoxy) is 1. The number of aromatic nitrogens is 1. The standard InChI is InChI=1S/C20H14F3N3O3/c1-13-18(12-27)25-19(28-13)26(16-6-2-14(10-24)3-7-16)11-15-4-8-17(9-5-15)29-20(21,22)23/h2-9,12H,11H2,1H3. The lowest BCUT2D eigenvalue weighted by atomic mass is 10.1. The summed E-state index contributed by atoms with van der Waals surface area (Å²) in [5.74, 6) is 0.00366. The van der Waals surface area contributed by atoms with Crippen LogP contribution in [0.2, 0.25) is 0 Å². The number of nitriles is 1. The number of benzene rings is 2. The van der Waals surface area contributed by atoms with Gasteiger partial charge >= 0.3 is 12.4 Å². The summed E-state index contributed by atoms with van der Waals surface area (Å²) in [6, 6.07) is 14.1. The highest BCUT2D eigenvalue weighted by atomic mass is 19.4. The minimum atomic E-state index is -4.77. The van der Waals surface area contributed by atoms with Gasteiger partial charge in [-0.05, 0) is 48.9 Å². The van der Waals surface area contributed by atoms with Crippen LogP contribution in [-0.4, -0.2) is 17.6 Å². The van der Waals surface area contributed by atoms with Crippen molar-refractivity contribution in [3.63, 3.8) is 0 Å². The minimum Gasteiger partial charge on any atom is -0.428 e. The number of rotatable bonds is 6. The second-order valence-corrected chi connectivity index (χ2v) is 5.99. The van der Waals surface area contributed by atoms with E-state index < -0.39 is 6.36 Å². The molecule has 0 bridgehead atoms. The monoisotopic (exact) mass is 401 g/mol. The first-order chi connectivity index (χ1) is 13.8.